The first kappa shape index (κ1) is 15.4. The number of hydrogen-bond acceptors (Lipinski definition) is 2. The quantitative estimate of drug-likeness (QED) is 0.771. The molecule has 0 fully saturated rings. The molecule has 2 N–H and O–H groups in total. The number of hydrogen-bond donors (Lipinski definition) is 2. The third-order valence-electron chi connectivity index (χ3n) is 5.23. The molecule has 1 aliphatic heterocycles. The molecule has 0 radical (unpaired) electrons. The van der Waals surface area contributed by atoms with E-state index >= 15 is 0 Å². The van der Waals surface area contributed by atoms with E-state index in [1.807, 2.05) is 7.05 Å². The molecular formula is C21H25N3. The zero-order valence-electron chi connectivity index (χ0n) is 14.5. The molecule has 3 heteroatoms. The van der Waals surface area contributed by atoms with E-state index in [-0.39, 0.29) is 0 Å². The molecule has 124 valence electrons. The Hall–Kier alpha value is -2.10. The normalized spacial score (nSPS) is 18.0. The van der Waals surface area contributed by atoms with Crippen molar-refractivity contribution in [2.45, 2.75) is 18.9 Å². The second-order valence-corrected chi connectivity index (χ2v) is 6.88. The monoisotopic (exact) mass is 319 g/mol. The van der Waals surface area contributed by atoms with Crippen LogP contribution in [0.15, 0.2) is 48.7 Å². The molecule has 2 aromatic carbocycles. The maximum Gasteiger partial charge on any atom is 0.0505 e. The molecule has 0 saturated heterocycles. The van der Waals surface area contributed by atoms with Crippen LogP contribution in [0.1, 0.15) is 28.2 Å². The number of nitrogens with one attached hydrogen (secondary N) is 2. The first-order valence-corrected chi connectivity index (χ1v) is 8.77. The number of rotatable bonds is 4. The van der Waals surface area contributed by atoms with Crippen LogP contribution in [0.25, 0.3) is 10.9 Å². The van der Waals surface area contributed by atoms with Gasteiger partial charge in [0.1, 0.15) is 0 Å². The van der Waals surface area contributed by atoms with Gasteiger partial charge in [0.15, 0.2) is 0 Å². The van der Waals surface area contributed by atoms with E-state index < -0.39 is 0 Å². The smallest absolute Gasteiger partial charge is 0.0505 e. The first-order valence-electron chi connectivity index (χ1n) is 8.77. The molecule has 2 heterocycles. The van der Waals surface area contributed by atoms with Crippen molar-refractivity contribution < 1.29 is 0 Å². The fraction of sp³-hybridized carbons (Fsp3) is 0.333. The summed E-state index contributed by atoms with van der Waals surface area (Å²) in [4.78, 5) is 6.00. The van der Waals surface area contributed by atoms with Gasteiger partial charge in [0.25, 0.3) is 0 Å². The van der Waals surface area contributed by atoms with Crippen LogP contribution in [-0.4, -0.2) is 37.1 Å². The average molecular weight is 319 g/mol. The average Bonchev–Trinajstić information content (AvgIpc) is 3.03. The van der Waals surface area contributed by atoms with Crippen LogP contribution in [-0.2, 0) is 13.0 Å². The lowest BCUT2D eigenvalue weighted by Gasteiger charge is -2.33. The Kier molecular flexibility index (Phi) is 4.13. The third kappa shape index (κ3) is 2.64. The SMILES string of the molecule is CNCCc1c[nH]c2c3c(ccc12)C(c1ccccc1)CN(C)C3. The highest BCUT2D eigenvalue weighted by molar-refractivity contribution is 5.87. The number of fused-ring (bicyclic) bond motifs is 3. The Morgan fingerprint density at radius 1 is 1.17 bits per heavy atom. The molecule has 0 amide bonds. The standard InChI is InChI=1S/C21H25N3/c1-22-11-10-16-12-23-21-17(16)8-9-18-19(13-24(2)14-20(18)21)15-6-4-3-5-7-15/h3-9,12,19,22-23H,10-11,13-14H2,1-2H3. The zero-order valence-corrected chi connectivity index (χ0v) is 14.5. The van der Waals surface area contributed by atoms with Crippen molar-refractivity contribution >= 4 is 10.9 Å². The lowest BCUT2D eigenvalue weighted by molar-refractivity contribution is 0.296. The molecule has 0 aliphatic carbocycles. The number of nitrogens with zero attached hydrogens (tertiary/aromatic N) is 1. The van der Waals surface area contributed by atoms with Gasteiger partial charge in [-0.05, 0) is 49.3 Å². The summed E-state index contributed by atoms with van der Waals surface area (Å²) in [5.74, 6) is 0.452. The summed E-state index contributed by atoms with van der Waals surface area (Å²) in [5.41, 5.74) is 7.09. The Morgan fingerprint density at radius 3 is 2.79 bits per heavy atom. The lowest BCUT2D eigenvalue weighted by atomic mass is 9.84. The van der Waals surface area contributed by atoms with Crippen LogP contribution in [0.3, 0.4) is 0 Å². The number of likely N-dealkylation sites (N-methyl/N-ethyl adjacent to an activating group) is 2. The van der Waals surface area contributed by atoms with E-state index in [1.165, 1.54) is 33.2 Å². The fourth-order valence-electron chi connectivity index (χ4n) is 4.01. The van der Waals surface area contributed by atoms with Crippen LogP contribution in [0, 0.1) is 0 Å². The Labute approximate surface area is 143 Å². The van der Waals surface area contributed by atoms with E-state index in [4.69, 9.17) is 0 Å². The molecule has 0 spiro atoms. The summed E-state index contributed by atoms with van der Waals surface area (Å²) in [6, 6.07) is 15.6. The molecule has 0 saturated carbocycles. The molecular weight excluding hydrogens is 294 g/mol. The maximum absolute atomic E-state index is 3.56. The van der Waals surface area contributed by atoms with Gasteiger partial charge in [-0.15, -0.1) is 0 Å². The van der Waals surface area contributed by atoms with Crippen LogP contribution in [0.5, 0.6) is 0 Å². The molecule has 24 heavy (non-hydrogen) atoms. The van der Waals surface area contributed by atoms with Gasteiger partial charge in [-0.25, -0.2) is 0 Å². The second-order valence-electron chi connectivity index (χ2n) is 6.88. The molecule has 3 nitrogen and oxygen atoms in total. The Balaban J connectivity index is 1.81. The van der Waals surface area contributed by atoms with Gasteiger partial charge >= 0.3 is 0 Å². The van der Waals surface area contributed by atoms with Gasteiger partial charge in [0, 0.05) is 30.6 Å². The highest BCUT2D eigenvalue weighted by atomic mass is 15.1. The highest BCUT2D eigenvalue weighted by Crippen LogP contribution is 2.37. The van der Waals surface area contributed by atoms with Crippen LogP contribution < -0.4 is 5.32 Å². The van der Waals surface area contributed by atoms with E-state index in [1.54, 1.807) is 0 Å². The van der Waals surface area contributed by atoms with Crippen molar-refractivity contribution in [2.24, 2.45) is 0 Å². The van der Waals surface area contributed by atoms with Gasteiger partial charge in [-0.3, -0.25) is 0 Å². The van der Waals surface area contributed by atoms with E-state index in [9.17, 15) is 0 Å². The number of benzene rings is 2. The highest BCUT2D eigenvalue weighted by Gasteiger charge is 2.26. The summed E-state index contributed by atoms with van der Waals surface area (Å²) in [7, 11) is 4.23. The number of aromatic amines is 1. The Bertz CT molecular complexity index is 835. The fourth-order valence-corrected chi connectivity index (χ4v) is 4.01. The predicted octanol–water partition coefficient (Wildman–Crippen LogP) is 3.51. The molecule has 4 rings (SSSR count). The molecule has 1 unspecified atom stereocenters. The minimum Gasteiger partial charge on any atom is -0.361 e. The van der Waals surface area contributed by atoms with Gasteiger partial charge < -0.3 is 15.2 Å². The summed E-state index contributed by atoms with van der Waals surface area (Å²) in [6.07, 6.45) is 3.25. The molecule has 1 atom stereocenters. The minimum absolute atomic E-state index is 0.452. The molecule has 3 aromatic rings. The van der Waals surface area contributed by atoms with Crippen molar-refractivity contribution in [3.05, 3.63) is 70.9 Å². The largest absolute Gasteiger partial charge is 0.361 e. The summed E-state index contributed by atoms with van der Waals surface area (Å²) in [6.45, 7) is 3.11. The molecule has 1 aliphatic rings. The molecule has 0 bridgehead atoms. The van der Waals surface area contributed by atoms with Crippen LogP contribution in [0.2, 0.25) is 0 Å². The molecule has 1 aromatic heterocycles. The predicted molar refractivity (Wildman–Crippen MR) is 101 cm³/mol. The van der Waals surface area contributed by atoms with Crippen molar-refractivity contribution in [1.29, 1.82) is 0 Å². The number of aromatic nitrogens is 1. The summed E-state index contributed by atoms with van der Waals surface area (Å²) < 4.78 is 0. The van der Waals surface area contributed by atoms with Crippen molar-refractivity contribution in [3.63, 3.8) is 0 Å². The van der Waals surface area contributed by atoms with E-state index in [0.29, 0.717) is 5.92 Å². The van der Waals surface area contributed by atoms with Crippen LogP contribution >= 0.6 is 0 Å². The summed E-state index contributed by atoms with van der Waals surface area (Å²) >= 11 is 0. The van der Waals surface area contributed by atoms with Crippen molar-refractivity contribution in [2.75, 3.05) is 27.2 Å². The van der Waals surface area contributed by atoms with E-state index in [0.717, 1.165) is 26.1 Å². The van der Waals surface area contributed by atoms with Crippen LogP contribution in [0.4, 0.5) is 0 Å². The van der Waals surface area contributed by atoms with Gasteiger partial charge in [0.2, 0.25) is 0 Å². The zero-order chi connectivity index (χ0) is 16.5. The second kappa shape index (κ2) is 6.42. The van der Waals surface area contributed by atoms with Gasteiger partial charge in [-0.2, -0.15) is 0 Å². The third-order valence-corrected chi connectivity index (χ3v) is 5.23. The van der Waals surface area contributed by atoms with Crippen molar-refractivity contribution in [1.82, 2.24) is 15.2 Å². The Morgan fingerprint density at radius 2 is 2.00 bits per heavy atom. The van der Waals surface area contributed by atoms with Gasteiger partial charge in [0.05, 0.1) is 5.52 Å². The maximum atomic E-state index is 3.56. The minimum atomic E-state index is 0.452. The first-order chi connectivity index (χ1) is 11.8. The van der Waals surface area contributed by atoms with E-state index in [2.05, 4.69) is 70.9 Å². The van der Waals surface area contributed by atoms with Gasteiger partial charge in [-0.1, -0.05) is 42.5 Å². The van der Waals surface area contributed by atoms with Crippen molar-refractivity contribution in [3.8, 4) is 0 Å². The summed E-state index contributed by atoms with van der Waals surface area (Å²) in [5, 5.41) is 4.63. The number of H-pyrrole nitrogens is 1. The lowest BCUT2D eigenvalue weighted by Crippen LogP contribution is -2.31. The topological polar surface area (TPSA) is 31.1 Å².